The summed E-state index contributed by atoms with van der Waals surface area (Å²) >= 11 is 0. The van der Waals surface area contributed by atoms with Crippen molar-refractivity contribution in [1.82, 2.24) is 4.57 Å². The van der Waals surface area contributed by atoms with E-state index in [0.29, 0.717) is 0 Å². The number of nitrogens with zero attached hydrogens (tertiary/aromatic N) is 1. The Morgan fingerprint density at radius 1 is 1.15 bits per heavy atom. The SMILES string of the molecule is COC(=O)C(C)Oc1cccc(F)c1C=Cc1cc2ccccc2n1C. The minimum absolute atomic E-state index is 0.286. The van der Waals surface area contributed by atoms with Gasteiger partial charge in [-0.1, -0.05) is 24.3 Å². The summed E-state index contributed by atoms with van der Waals surface area (Å²) in [5.41, 5.74) is 2.31. The molecule has 1 heterocycles. The maximum atomic E-state index is 14.3. The van der Waals surface area contributed by atoms with Crippen LogP contribution in [0, 0.1) is 5.82 Å². The van der Waals surface area contributed by atoms with Crippen molar-refractivity contribution < 1.29 is 18.7 Å². The van der Waals surface area contributed by atoms with E-state index in [2.05, 4.69) is 4.74 Å². The zero-order valence-corrected chi connectivity index (χ0v) is 14.9. The number of para-hydroxylation sites is 1. The fraction of sp³-hybridized carbons (Fsp3) is 0.190. The number of ether oxygens (including phenoxy) is 2. The number of aryl methyl sites for hydroxylation is 1. The first-order chi connectivity index (χ1) is 12.5. The molecular weight excluding hydrogens is 333 g/mol. The number of aromatic nitrogens is 1. The Kier molecular flexibility index (Phi) is 5.07. The van der Waals surface area contributed by atoms with E-state index in [0.717, 1.165) is 16.6 Å². The van der Waals surface area contributed by atoms with Crippen LogP contribution in [-0.2, 0) is 16.6 Å². The van der Waals surface area contributed by atoms with Gasteiger partial charge in [0.15, 0.2) is 6.10 Å². The molecule has 2 aromatic carbocycles. The highest BCUT2D eigenvalue weighted by molar-refractivity contribution is 5.85. The lowest BCUT2D eigenvalue weighted by atomic mass is 10.1. The van der Waals surface area contributed by atoms with Gasteiger partial charge in [-0.15, -0.1) is 0 Å². The van der Waals surface area contributed by atoms with Gasteiger partial charge in [-0.3, -0.25) is 0 Å². The predicted octanol–water partition coefficient (Wildman–Crippen LogP) is 4.43. The number of carbonyl (C=O) groups is 1. The van der Waals surface area contributed by atoms with Crippen molar-refractivity contribution in [2.45, 2.75) is 13.0 Å². The molecular formula is C21H20FNO3. The lowest BCUT2D eigenvalue weighted by Crippen LogP contribution is -2.25. The molecule has 0 aliphatic rings. The Morgan fingerprint density at radius 3 is 2.65 bits per heavy atom. The van der Waals surface area contributed by atoms with E-state index in [9.17, 15) is 9.18 Å². The zero-order chi connectivity index (χ0) is 18.7. The van der Waals surface area contributed by atoms with Crippen LogP contribution in [0.4, 0.5) is 4.39 Å². The van der Waals surface area contributed by atoms with Gasteiger partial charge in [0.1, 0.15) is 11.6 Å². The van der Waals surface area contributed by atoms with E-state index in [4.69, 9.17) is 4.74 Å². The van der Waals surface area contributed by atoms with Crippen LogP contribution in [0.15, 0.2) is 48.5 Å². The van der Waals surface area contributed by atoms with Gasteiger partial charge in [-0.25, -0.2) is 9.18 Å². The molecule has 5 heteroatoms. The average molecular weight is 353 g/mol. The van der Waals surface area contributed by atoms with Crippen LogP contribution < -0.4 is 4.74 Å². The van der Waals surface area contributed by atoms with Gasteiger partial charge in [0.25, 0.3) is 0 Å². The minimum atomic E-state index is -0.827. The normalized spacial score (nSPS) is 12.5. The molecule has 0 amide bonds. The second-order valence-electron chi connectivity index (χ2n) is 5.96. The Bertz CT molecular complexity index is 975. The lowest BCUT2D eigenvalue weighted by Gasteiger charge is -2.14. The third-order valence-electron chi connectivity index (χ3n) is 4.26. The Hall–Kier alpha value is -3.08. The maximum absolute atomic E-state index is 14.3. The third kappa shape index (κ3) is 3.47. The predicted molar refractivity (Wildman–Crippen MR) is 100 cm³/mol. The number of carbonyl (C=O) groups excluding carboxylic acids is 1. The molecule has 1 atom stereocenters. The fourth-order valence-electron chi connectivity index (χ4n) is 2.83. The summed E-state index contributed by atoms with van der Waals surface area (Å²) in [5, 5.41) is 1.11. The van der Waals surface area contributed by atoms with E-state index >= 15 is 0 Å². The first-order valence-corrected chi connectivity index (χ1v) is 8.27. The summed E-state index contributed by atoms with van der Waals surface area (Å²) in [6, 6.07) is 14.6. The van der Waals surface area contributed by atoms with Crippen LogP contribution in [0.2, 0.25) is 0 Å². The summed E-state index contributed by atoms with van der Waals surface area (Å²) in [5.74, 6) is -0.648. The van der Waals surface area contributed by atoms with E-state index in [1.807, 2.05) is 48.0 Å². The van der Waals surface area contributed by atoms with Crippen LogP contribution in [0.5, 0.6) is 5.75 Å². The smallest absolute Gasteiger partial charge is 0.346 e. The van der Waals surface area contributed by atoms with Crippen molar-refractivity contribution >= 4 is 29.0 Å². The number of rotatable bonds is 5. The Labute approximate surface area is 151 Å². The monoisotopic (exact) mass is 353 g/mol. The van der Waals surface area contributed by atoms with E-state index < -0.39 is 17.9 Å². The van der Waals surface area contributed by atoms with Gasteiger partial charge in [-0.05, 0) is 43.3 Å². The van der Waals surface area contributed by atoms with Gasteiger partial charge in [0.2, 0.25) is 0 Å². The molecule has 0 saturated carbocycles. The van der Waals surface area contributed by atoms with Crippen molar-refractivity contribution in [3.05, 3.63) is 65.6 Å². The average Bonchev–Trinajstić information content (AvgIpc) is 2.96. The molecule has 1 aromatic heterocycles. The molecule has 0 bridgehead atoms. The summed E-state index contributed by atoms with van der Waals surface area (Å²) < 4.78 is 26.6. The molecule has 26 heavy (non-hydrogen) atoms. The topological polar surface area (TPSA) is 40.5 Å². The van der Waals surface area contributed by atoms with Crippen LogP contribution in [0.3, 0.4) is 0 Å². The summed E-state index contributed by atoms with van der Waals surface area (Å²) in [6.07, 6.45) is 2.66. The number of hydrogen-bond donors (Lipinski definition) is 0. The number of methoxy groups -OCH3 is 1. The number of fused-ring (bicyclic) bond motifs is 1. The van der Waals surface area contributed by atoms with Gasteiger partial charge in [0, 0.05) is 23.6 Å². The molecule has 134 valence electrons. The molecule has 3 rings (SSSR count). The minimum Gasteiger partial charge on any atom is -0.478 e. The Balaban J connectivity index is 1.94. The molecule has 0 spiro atoms. The Morgan fingerprint density at radius 2 is 1.92 bits per heavy atom. The molecule has 1 unspecified atom stereocenters. The highest BCUT2D eigenvalue weighted by Crippen LogP contribution is 2.26. The van der Waals surface area contributed by atoms with Crippen LogP contribution >= 0.6 is 0 Å². The van der Waals surface area contributed by atoms with E-state index in [-0.39, 0.29) is 11.3 Å². The molecule has 0 radical (unpaired) electrons. The molecule has 3 aromatic rings. The van der Waals surface area contributed by atoms with Crippen LogP contribution in [0.25, 0.3) is 23.1 Å². The van der Waals surface area contributed by atoms with Crippen molar-refractivity contribution in [3.63, 3.8) is 0 Å². The van der Waals surface area contributed by atoms with E-state index in [1.54, 1.807) is 25.1 Å². The quantitative estimate of drug-likeness (QED) is 0.637. The van der Waals surface area contributed by atoms with Crippen molar-refractivity contribution in [2.24, 2.45) is 7.05 Å². The molecule has 0 saturated heterocycles. The molecule has 0 aliphatic heterocycles. The van der Waals surface area contributed by atoms with Gasteiger partial charge < -0.3 is 14.0 Å². The van der Waals surface area contributed by atoms with Gasteiger partial charge >= 0.3 is 5.97 Å². The molecule has 4 nitrogen and oxygen atoms in total. The summed E-state index contributed by atoms with van der Waals surface area (Å²) in [7, 11) is 3.24. The van der Waals surface area contributed by atoms with Gasteiger partial charge in [-0.2, -0.15) is 0 Å². The van der Waals surface area contributed by atoms with Crippen molar-refractivity contribution in [2.75, 3.05) is 7.11 Å². The number of hydrogen-bond acceptors (Lipinski definition) is 3. The highest BCUT2D eigenvalue weighted by Gasteiger charge is 2.17. The standard InChI is InChI=1S/C21H20FNO3/c1-14(21(24)25-3)26-20-10-6-8-18(22)17(20)12-11-16-13-15-7-4-5-9-19(15)23(16)2/h4-14H,1-3H3. The first-order valence-electron chi connectivity index (χ1n) is 8.27. The maximum Gasteiger partial charge on any atom is 0.346 e. The lowest BCUT2D eigenvalue weighted by molar-refractivity contribution is -0.147. The number of benzene rings is 2. The molecule has 0 fully saturated rings. The largest absolute Gasteiger partial charge is 0.478 e. The van der Waals surface area contributed by atoms with Crippen LogP contribution in [-0.4, -0.2) is 23.8 Å². The second kappa shape index (κ2) is 7.44. The number of esters is 1. The number of halogens is 1. The summed E-state index contributed by atoms with van der Waals surface area (Å²) in [6.45, 7) is 1.56. The molecule has 0 aliphatic carbocycles. The fourth-order valence-corrected chi connectivity index (χ4v) is 2.83. The van der Waals surface area contributed by atoms with E-state index in [1.165, 1.54) is 13.2 Å². The van der Waals surface area contributed by atoms with Crippen molar-refractivity contribution in [3.8, 4) is 5.75 Å². The zero-order valence-electron chi connectivity index (χ0n) is 14.9. The van der Waals surface area contributed by atoms with Crippen LogP contribution in [0.1, 0.15) is 18.2 Å². The molecule has 0 N–H and O–H groups in total. The first kappa shape index (κ1) is 17.7. The second-order valence-corrected chi connectivity index (χ2v) is 5.96. The summed E-state index contributed by atoms with van der Waals surface area (Å²) in [4.78, 5) is 11.6. The van der Waals surface area contributed by atoms with Crippen molar-refractivity contribution in [1.29, 1.82) is 0 Å². The third-order valence-corrected chi connectivity index (χ3v) is 4.26. The highest BCUT2D eigenvalue weighted by atomic mass is 19.1. The van der Waals surface area contributed by atoms with Gasteiger partial charge in [0.05, 0.1) is 12.7 Å².